The number of carbonyl (C=O) groups is 3. The number of carboxylic acid groups (broad SMARTS) is 1. The van der Waals surface area contributed by atoms with Crippen LogP contribution in [0.15, 0.2) is 0 Å². The van der Waals surface area contributed by atoms with Gasteiger partial charge >= 0.3 is 11.9 Å². The van der Waals surface area contributed by atoms with E-state index in [-0.39, 0.29) is 36.2 Å². The molecular formula is C25H38O5. The number of hydrogen-bond donors (Lipinski definition) is 1. The van der Waals surface area contributed by atoms with E-state index in [2.05, 4.69) is 13.8 Å². The average Bonchev–Trinajstić information content (AvgIpc) is 3.04. The van der Waals surface area contributed by atoms with Crippen LogP contribution in [0, 0.1) is 40.4 Å². The Hall–Kier alpha value is -1.39. The van der Waals surface area contributed by atoms with Gasteiger partial charge in [-0.1, -0.05) is 13.8 Å². The van der Waals surface area contributed by atoms with Crippen LogP contribution < -0.4 is 0 Å². The van der Waals surface area contributed by atoms with Crippen LogP contribution in [-0.4, -0.2) is 28.9 Å². The van der Waals surface area contributed by atoms with E-state index in [1.165, 1.54) is 32.1 Å². The molecule has 5 heteroatoms. The largest absolute Gasteiger partial charge is 0.481 e. The van der Waals surface area contributed by atoms with E-state index in [0.717, 1.165) is 37.5 Å². The van der Waals surface area contributed by atoms with Crippen molar-refractivity contribution in [2.75, 3.05) is 0 Å². The van der Waals surface area contributed by atoms with Gasteiger partial charge in [0.15, 0.2) is 0 Å². The van der Waals surface area contributed by atoms with Crippen molar-refractivity contribution in [3.05, 3.63) is 0 Å². The van der Waals surface area contributed by atoms with Crippen LogP contribution >= 0.6 is 0 Å². The number of ether oxygens (including phenoxy) is 1. The van der Waals surface area contributed by atoms with Gasteiger partial charge in [0.25, 0.3) is 0 Å². The second kappa shape index (κ2) is 7.94. The Morgan fingerprint density at radius 1 is 0.900 bits per heavy atom. The van der Waals surface area contributed by atoms with E-state index in [1.807, 2.05) is 0 Å². The van der Waals surface area contributed by atoms with Crippen LogP contribution in [0.5, 0.6) is 0 Å². The van der Waals surface area contributed by atoms with Crippen LogP contribution in [-0.2, 0) is 19.1 Å². The van der Waals surface area contributed by atoms with Gasteiger partial charge in [0.2, 0.25) is 0 Å². The summed E-state index contributed by atoms with van der Waals surface area (Å²) in [6, 6.07) is 0. The SMILES string of the molecule is CC(=O)[C@@H]1CC[C@@H]2[C@H]3CC[C@H]4C[C@@H](OC(=O)CCC(=O)O)CC[C@]4(C)[C@@H]3CC[C@]21C. The van der Waals surface area contributed by atoms with Crippen molar-refractivity contribution in [2.45, 2.75) is 97.5 Å². The quantitative estimate of drug-likeness (QED) is 0.635. The monoisotopic (exact) mass is 418 g/mol. The maximum absolute atomic E-state index is 12.3. The molecule has 4 fully saturated rings. The van der Waals surface area contributed by atoms with Crippen molar-refractivity contribution in [2.24, 2.45) is 40.4 Å². The first-order chi connectivity index (χ1) is 14.1. The first-order valence-electron chi connectivity index (χ1n) is 12.1. The molecule has 0 saturated heterocycles. The lowest BCUT2D eigenvalue weighted by Gasteiger charge is -2.61. The number of Topliss-reactive ketones (excluding diaryl/α,β-unsaturated/α-hetero) is 1. The average molecular weight is 419 g/mol. The standard InChI is InChI=1S/C25H38O5/c1-15(26)19-6-7-20-18-5-4-16-14-17(30-23(29)9-8-22(27)28)10-12-24(16,2)21(18)11-13-25(19,20)3/h16-21H,4-14H2,1-3H3,(H,27,28)/t16-,17-,18+,19-,20+,21+,24-,25-/m0/s1. The number of ketones is 1. The predicted molar refractivity (Wildman–Crippen MR) is 113 cm³/mol. The number of fused-ring (bicyclic) bond motifs is 5. The highest BCUT2D eigenvalue weighted by atomic mass is 16.5. The van der Waals surface area contributed by atoms with E-state index in [1.54, 1.807) is 6.92 Å². The molecule has 0 aromatic carbocycles. The maximum atomic E-state index is 12.3. The molecule has 8 atom stereocenters. The van der Waals surface area contributed by atoms with E-state index >= 15 is 0 Å². The van der Waals surface area contributed by atoms with Crippen molar-refractivity contribution < 1.29 is 24.2 Å². The molecule has 4 aliphatic rings. The molecule has 4 rings (SSSR count). The molecule has 5 nitrogen and oxygen atoms in total. The number of rotatable bonds is 5. The molecule has 0 bridgehead atoms. The third-order valence-corrected chi connectivity index (χ3v) is 9.95. The van der Waals surface area contributed by atoms with E-state index in [4.69, 9.17) is 9.84 Å². The number of carboxylic acids is 1. The number of esters is 1. The molecular weight excluding hydrogens is 380 g/mol. The molecule has 30 heavy (non-hydrogen) atoms. The van der Waals surface area contributed by atoms with E-state index < -0.39 is 5.97 Å². The van der Waals surface area contributed by atoms with Gasteiger partial charge in [-0.15, -0.1) is 0 Å². The molecule has 0 spiro atoms. The minimum Gasteiger partial charge on any atom is -0.481 e. The Kier molecular flexibility index (Phi) is 5.78. The van der Waals surface area contributed by atoms with Crippen molar-refractivity contribution in [1.29, 1.82) is 0 Å². The summed E-state index contributed by atoms with van der Waals surface area (Å²) < 4.78 is 5.66. The van der Waals surface area contributed by atoms with Crippen molar-refractivity contribution in [3.8, 4) is 0 Å². The molecule has 0 aromatic rings. The Morgan fingerprint density at radius 3 is 2.30 bits per heavy atom. The summed E-state index contributed by atoms with van der Waals surface area (Å²) in [4.78, 5) is 35.0. The van der Waals surface area contributed by atoms with Crippen molar-refractivity contribution in [1.82, 2.24) is 0 Å². The van der Waals surface area contributed by atoms with Crippen LogP contribution in [0.4, 0.5) is 0 Å². The Labute approximate surface area is 180 Å². The van der Waals surface area contributed by atoms with Crippen LogP contribution in [0.3, 0.4) is 0 Å². The molecule has 0 aliphatic heterocycles. The molecule has 0 radical (unpaired) electrons. The Bertz CT molecular complexity index is 716. The molecule has 1 N–H and O–H groups in total. The van der Waals surface area contributed by atoms with Crippen molar-refractivity contribution >= 4 is 17.7 Å². The summed E-state index contributed by atoms with van der Waals surface area (Å²) in [5.41, 5.74) is 0.510. The number of hydrogen-bond acceptors (Lipinski definition) is 4. The van der Waals surface area contributed by atoms with Gasteiger partial charge in [0.05, 0.1) is 12.8 Å². The van der Waals surface area contributed by atoms with Gasteiger partial charge in [-0.3, -0.25) is 14.4 Å². The smallest absolute Gasteiger partial charge is 0.306 e. The molecule has 0 amide bonds. The van der Waals surface area contributed by atoms with Crippen LogP contribution in [0.2, 0.25) is 0 Å². The van der Waals surface area contributed by atoms with Gasteiger partial charge < -0.3 is 9.84 Å². The number of aliphatic carboxylic acids is 1. The zero-order valence-corrected chi connectivity index (χ0v) is 18.8. The second-order valence-corrected chi connectivity index (χ2v) is 11.2. The highest BCUT2D eigenvalue weighted by Gasteiger charge is 2.60. The lowest BCUT2D eigenvalue weighted by molar-refractivity contribution is -0.164. The summed E-state index contributed by atoms with van der Waals surface area (Å²) in [5.74, 6) is 2.07. The van der Waals surface area contributed by atoms with Crippen molar-refractivity contribution in [3.63, 3.8) is 0 Å². The Balaban J connectivity index is 1.42. The molecule has 0 aromatic heterocycles. The number of carbonyl (C=O) groups excluding carboxylic acids is 2. The van der Waals surface area contributed by atoms with E-state index in [0.29, 0.717) is 23.0 Å². The van der Waals surface area contributed by atoms with Gasteiger partial charge in [0.1, 0.15) is 11.9 Å². The highest BCUT2D eigenvalue weighted by molar-refractivity contribution is 5.79. The Morgan fingerprint density at radius 2 is 1.60 bits per heavy atom. The van der Waals surface area contributed by atoms with E-state index in [9.17, 15) is 14.4 Å². The minimum atomic E-state index is -0.954. The van der Waals surface area contributed by atoms with Gasteiger partial charge in [0, 0.05) is 5.92 Å². The summed E-state index contributed by atoms with van der Waals surface area (Å²) >= 11 is 0. The zero-order chi connectivity index (χ0) is 21.7. The third-order valence-electron chi connectivity index (χ3n) is 9.95. The minimum absolute atomic E-state index is 0.0317. The zero-order valence-electron chi connectivity index (χ0n) is 18.8. The summed E-state index contributed by atoms with van der Waals surface area (Å²) in [7, 11) is 0. The summed E-state index contributed by atoms with van der Waals surface area (Å²) in [6.07, 6.45) is 9.82. The first-order valence-corrected chi connectivity index (χ1v) is 12.1. The lowest BCUT2D eigenvalue weighted by Crippen LogP contribution is -2.54. The molecule has 0 heterocycles. The fraction of sp³-hybridized carbons (Fsp3) is 0.880. The van der Waals surface area contributed by atoms with Gasteiger partial charge in [-0.25, -0.2) is 0 Å². The topological polar surface area (TPSA) is 80.7 Å². The normalized spacial score (nSPS) is 45.0. The summed E-state index contributed by atoms with van der Waals surface area (Å²) in [5, 5.41) is 8.77. The maximum Gasteiger partial charge on any atom is 0.306 e. The lowest BCUT2D eigenvalue weighted by atomic mass is 9.44. The van der Waals surface area contributed by atoms with Crippen LogP contribution in [0.1, 0.15) is 91.4 Å². The van der Waals surface area contributed by atoms with Crippen LogP contribution in [0.25, 0.3) is 0 Å². The fourth-order valence-corrected chi connectivity index (χ4v) is 8.45. The molecule has 4 aliphatic carbocycles. The predicted octanol–water partition coefficient (Wildman–Crippen LogP) is 5.01. The second-order valence-electron chi connectivity index (χ2n) is 11.2. The molecule has 0 unspecified atom stereocenters. The van der Waals surface area contributed by atoms with Gasteiger partial charge in [-0.05, 0) is 99.2 Å². The summed E-state index contributed by atoms with van der Waals surface area (Å²) in [6.45, 7) is 6.67. The highest BCUT2D eigenvalue weighted by Crippen LogP contribution is 2.67. The molecule has 168 valence electrons. The fourth-order valence-electron chi connectivity index (χ4n) is 8.45. The van der Waals surface area contributed by atoms with Gasteiger partial charge in [-0.2, -0.15) is 0 Å². The first kappa shape index (κ1) is 21.8. The molecule has 4 saturated carbocycles. The third kappa shape index (κ3) is 3.60.